The molecule has 0 atom stereocenters. The number of rotatable bonds is 5. The van der Waals surface area contributed by atoms with Gasteiger partial charge < -0.3 is 4.74 Å². The van der Waals surface area contributed by atoms with Crippen molar-refractivity contribution in [2.75, 3.05) is 27.2 Å². The molecular formula is C22H23NO2. The third-order valence-corrected chi connectivity index (χ3v) is 3.46. The van der Waals surface area contributed by atoms with Gasteiger partial charge in [0, 0.05) is 11.6 Å². The molecule has 2 aromatic carbocycles. The Morgan fingerprint density at radius 1 is 1.04 bits per heavy atom. The molecule has 0 N–H and O–H groups in total. The smallest absolute Gasteiger partial charge is 0.331 e. The van der Waals surface area contributed by atoms with Crippen LogP contribution in [0.3, 0.4) is 0 Å². The second kappa shape index (κ2) is 9.46. The summed E-state index contributed by atoms with van der Waals surface area (Å²) >= 11 is 0. The van der Waals surface area contributed by atoms with Crippen LogP contribution >= 0.6 is 0 Å². The first-order valence-electron chi connectivity index (χ1n) is 8.28. The number of ether oxygens (including phenoxy) is 1. The van der Waals surface area contributed by atoms with E-state index in [1.165, 1.54) is 0 Å². The maximum Gasteiger partial charge on any atom is 0.331 e. The first kappa shape index (κ1) is 18.5. The van der Waals surface area contributed by atoms with E-state index in [1.54, 1.807) is 13.0 Å². The van der Waals surface area contributed by atoms with Crippen LogP contribution in [0, 0.1) is 11.8 Å². The molecule has 128 valence electrons. The average Bonchev–Trinajstić information content (AvgIpc) is 2.61. The first-order chi connectivity index (χ1) is 12.1. The van der Waals surface area contributed by atoms with Crippen LogP contribution in [0.2, 0.25) is 0 Å². The van der Waals surface area contributed by atoms with Gasteiger partial charge in [-0.2, -0.15) is 0 Å². The van der Waals surface area contributed by atoms with E-state index < -0.39 is 0 Å². The van der Waals surface area contributed by atoms with Crippen molar-refractivity contribution in [2.24, 2.45) is 0 Å². The van der Waals surface area contributed by atoms with E-state index in [-0.39, 0.29) is 5.97 Å². The average molecular weight is 333 g/mol. The Morgan fingerprint density at radius 2 is 1.68 bits per heavy atom. The largest absolute Gasteiger partial charge is 0.463 e. The molecule has 3 heteroatoms. The Hall–Kier alpha value is -2.83. The summed E-state index contributed by atoms with van der Waals surface area (Å²) in [6.45, 7) is 2.88. The predicted octanol–water partition coefficient (Wildman–Crippen LogP) is 3.59. The number of hydrogen-bond donors (Lipinski definition) is 0. The van der Waals surface area contributed by atoms with Gasteiger partial charge in [-0.15, -0.1) is 0 Å². The van der Waals surface area contributed by atoms with Crippen molar-refractivity contribution in [3.63, 3.8) is 0 Å². The van der Waals surface area contributed by atoms with Gasteiger partial charge in [0.05, 0.1) is 13.2 Å². The number of carbonyl (C=O) groups is 1. The predicted molar refractivity (Wildman–Crippen MR) is 102 cm³/mol. The number of carbonyl (C=O) groups excluding carboxylic acids is 1. The number of benzene rings is 2. The summed E-state index contributed by atoms with van der Waals surface area (Å²) in [6.07, 6.45) is 1.55. The fourth-order valence-electron chi connectivity index (χ4n) is 2.29. The Balaban J connectivity index is 2.31. The first-order valence-corrected chi connectivity index (χ1v) is 8.28. The van der Waals surface area contributed by atoms with Crippen molar-refractivity contribution in [3.05, 3.63) is 77.4 Å². The Morgan fingerprint density at radius 3 is 2.28 bits per heavy atom. The fourth-order valence-corrected chi connectivity index (χ4v) is 2.29. The van der Waals surface area contributed by atoms with Crippen LogP contribution in [-0.2, 0) is 9.53 Å². The monoisotopic (exact) mass is 333 g/mol. The SMILES string of the molecule is CCOC(=O)C=C(c1ccccc1)c1ccc(C#CCN(C)C)cc1. The molecule has 2 rings (SSSR count). The molecule has 2 aromatic rings. The van der Waals surface area contributed by atoms with Crippen LogP contribution in [0.5, 0.6) is 0 Å². The zero-order valence-corrected chi connectivity index (χ0v) is 15.0. The highest BCUT2D eigenvalue weighted by Gasteiger charge is 2.08. The minimum atomic E-state index is -0.337. The number of hydrogen-bond acceptors (Lipinski definition) is 3. The Labute approximate surface area is 149 Å². The van der Waals surface area contributed by atoms with Crippen molar-refractivity contribution in [1.29, 1.82) is 0 Å². The molecule has 0 heterocycles. The molecule has 3 nitrogen and oxygen atoms in total. The quantitative estimate of drug-likeness (QED) is 0.476. The zero-order chi connectivity index (χ0) is 18.1. The topological polar surface area (TPSA) is 29.5 Å². The Kier molecular flexibility index (Phi) is 7.00. The maximum absolute atomic E-state index is 11.9. The van der Waals surface area contributed by atoms with Gasteiger partial charge in [-0.1, -0.05) is 54.3 Å². The summed E-state index contributed by atoms with van der Waals surface area (Å²) < 4.78 is 5.07. The normalized spacial score (nSPS) is 11.0. The molecule has 0 aliphatic heterocycles. The lowest BCUT2D eigenvalue weighted by atomic mass is 9.96. The summed E-state index contributed by atoms with van der Waals surface area (Å²) in [4.78, 5) is 14.0. The van der Waals surface area contributed by atoms with E-state index in [9.17, 15) is 4.79 Å². The van der Waals surface area contributed by atoms with Crippen molar-refractivity contribution in [2.45, 2.75) is 6.92 Å². The second-order valence-corrected chi connectivity index (χ2v) is 5.79. The van der Waals surface area contributed by atoms with Crippen LogP contribution in [-0.4, -0.2) is 38.1 Å². The lowest BCUT2D eigenvalue weighted by Crippen LogP contribution is -2.10. The van der Waals surface area contributed by atoms with Crippen molar-refractivity contribution in [1.82, 2.24) is 4.90 Å². The zero-order valence-electron chi connectivity index (χ0n) is 15.0. The summed E-state index contributed by atoms with van der Waals surface area (Å²) in [5.74, 6) is 5.92. The van der Waals surface area contributed by atoms with Gasteiger partial charge in [-0.3, -0.25) is 4.90 Å². The van der Waals surface area contributed by atoms with Gasteiger partial charge in [0.15, 0.2) is 0 Å². The van der Waals surface area contributed by atoms with E-state index in [0.29, 0.717) is 6.61 Å². The van der Waals surface area contributed by atoms with Crippen molar-refractivity contribution in [3.8, 4) is 11.8 Å². The molecule has 0 bridgehead atoms. The van der Waals surface area contributed by atoms with Crippen molar-refractivity contribution >= 4 is 11.5 Å². The van der Waals surface area contributed by atoms with Crippen LogP contribution in [0.25, 0.3) is 5.57 Å². The van der Waals surface area contributed by atoms with Gasteiger partial charge in [0.25, 0.3) is 0 Å². The minimum absolute atomic E-state index is 0.337. The van der Waals surface area contributed by atoms with Crippen LogP contribution in [0.15, 0.2) is 60.7 Å². The van der Waals surface area contributed by atoms with Gasteiger partial charge in [0.2, 0.25) is 0 Å². The molecule has 0 fully saturated rings. The van der Waals surface area contributed by atoms with Crippen LogP contribution in [0.1, 0.15) is 23.6 Å². The second-order valence-electron chi connectivity index (χ2n) is 5.79. The molecule has 0 radical (unpaired) electrons. The number of nitrogens with zero attached hydrogens (tertiary/aromatic N) is 1. The summed E-state index contributed by atoms with van der Waals surface area (Å²) in [6, 6.07) is 17.7. The molecule has 25 heavy (non-hydrogen) atoms. The van der Waals surface area contributed by atoms with E-state index in [4.69, 9.17) is 4.74 Å². The standard InChI is InChI=1S/C22H23NO2/c1-4-25-22(24)17-21(19-10-6-5-7-11-19)20-14-12-18(13-15-20)9-8-16-23(2)3/h5-7,10-15,17H,4,16H2,1-3H3. The van der Waals surface area contributed by atoms with E-state index in [0.717, 1.165) is 28.8 Å². The molecule has 0 spiro atoms. The molecule has 0 saturated heterocycles. The van der Waals surface area contributed by atoms with Gasteiger partial charge in [-0.05, 0) is 49.9 Å². The maximum atomic E-state index is 11.9. The third kappa shape index (κ3) is 5.95. The molecule has 0 aromatic heterocycles. The fraction of sp³-hybridized carbons (Fsp3) is 0.227. The van der Waals surface area contributed by atoms with E-state index in [2.05, 4.69) is 11.8 Å². The van der Waals surface area contributed by atoms with Gasteiger partial charge in [0.1, 0.15) is 0 Å². The van der Waals surface area contributed by atoms with Crippen LogP contribution in [0.4, 0.5) is 0 Å². The summed E-state index contributed by atoms with van der Waals surface area (Å²) in [7, 11) is 3.98. The molecule has 0 saturated carbocycles. The Bertz CT molecular complexity index is 778. The lowest BCUT2D eigenvalue weighted by molar-refractivity contribution is -0.137. The van der Waals surface area contributed by atoms with Gasteiger partial charge in [-0.25, -0.2) is 4.79 Å². The lowest BCUT2D eigenvalue weighted by Gasteiger charge is -2.09. The van der Waals surface area contributed by atoms with E-state index in [1.807, 2.05) is 73.6 Å². The highest BCUT2D eigenvalue weighted by molar-refractivity contribution is 5.96. The molecule has 0 aliphatic rings. The highest BCUT2D eigenvalue weighted by atomic mass is 16.5. The molecule has 0 aliphatic carbocycles. The van der Waals surface area contributed by atoms with Gasteiger partial charge >= 0.3 is 5.97 Å². The minimum Gasteiger partial charge on any atom is -0.463 e. The van der Waals surface area contributed by atoms with Crippen molar-refractivity contribution < 1.29 is 9.53 Å². The number of esters is 1. The van der Waals surface area contributed by atoms with E-state index >= 15 is 0 Å². The molecule has 0 amide bonds. The molecule has 0 unspecified atom stereocenters. The summed E-state index contributed by atoms with van der Waals surface area (Å²) in [5.41, 5.74) is 3.72. The molecular weight excluding hydrogens is 310 g/mol. The third-order valence-electron chi connectivity index (χ3n) is 3.46. The van der Waals surface area contributed by atoms with Crippen LogP contribution < -0.4 is 0 Å². The summed E-state index contributed by atoms with van der Waals surface area (Å²) in [5, 5.41) is 0. The highest BCUT2D eigenvalue weighted by Crippen LogP contribution is 2.23.